The number of benzene rings is 2. The number of nitrogens with one attached hydrogen (secondary N) is 1. The molecule has 0 aliphatic rings. The molecule has 0 spiro atoms. The van der Waals surface area contributed by atoms with Crippen LogP contribution in [0.2, 0.25) is 0 Å². The number of ketones is 1. The van der Waals surface area contributed by atoms with E-state index in [1.165, 1.54) is 0 Å². The van der Waals surface area contributed by atoms with Crippen LogP contribution < -0.4 is 11.1 Å². The Bertz CT molecular complexity index is 884. The maximum Gasteiger partial charge on any atom is 0.224 e. The van der Waals surface area contributed by atoms with Gasteiger partial charge in [-0.3, -0.25) is 14.8 Å². The van der Waals surface area contributed by atoms with Gasteiger partial charge in [0.15, 0.2) is 5.78 Å². The van der Waals surface area contributed by atoms with Gasteiger partial charge in [0.05, 0.1) is 5.84 Å². The van der Waals surface area contributed by atoms with Gasteiger partial charge in [-0.25, -0.2) is 0 Å². The highest BCUT2D eigenvalue weighted by atomic mass is 16.1. The van der Waals surface area contributed by atoms with Gasteiger partial charge in [-0.2, -0.15) is 4.99 Å². The molecule has 140 valence electrons. The molecule has 2 aromatic carbocycles. The van der Waals surface area contributed by atoms with Gasteiger partial charge in [0.1, 0.15) is 5.84 Å². The Morgan fingerprint density at radius 3 is 2.30 bits per heavy atom. The molecule has 0 saturated heterocycles. The van der Waals surface area contributed by atoms with Gasteiger partial charge in [-0.1, -0.05) is 55.5 Å². The second kappa shape index (κ2) is 9.43. The molecule has 6 heteroatoms. The van der Waals surface area contributed by atoms with E-state index >= 15 is 0 Å². The van der Waals surface area contributed by atoms with E-state index in [4.69, 9.17) is 5.73 Å². The predicted octanol–water partition coefficient (Wildman–Crippen LogP) is 3.00. The van der Waals surface area contributed by atoms with E-state index in [0.29, 0.717) is 28.8 Å². The second-order valence-corrected chi connectivity index (χ2v) is 6.06. The first-order chi connectivity index (χ1) is 13.0. The SMILES string of the molecule is CN=C(C)NC(=NC)/N=C(\N)C(C)c1cccc(C(=O)c2ccccc2)c1. The molecule has 0 bridgehead atoms. The van der Waals surface area contributed by atoms with Crippen molar-refractivity contribution in [1.82, 2.24) is 5.32 Å². The number of hydrogen-bond acceptors (Lipinski definition) is 3. The van der Waals surface area contributed by atoms with E-state index in [2.05, 4.69) is 20.3 Å². The first-order valence-corrected chi connectivity index (χ1v) is 8.67. The van der Waals surface area contributed by atoms with Crippen molar-refractivity contribution in [2.45, 2.75) is 19.8 Å². The molecule has 1 atom stereocenters. The molecule has 3 N–H and O–H groups in total. The second-order valence-electron chi connectivity index (χ2n) is 6.06. The number of hydrogen-bond donors (Lipinski definition) is 2. The molecular formula is C21H25N5O. The molecule has 2 aromatic rings. The lowest BCUT2D eigenvalue weighted by atomic mass is 9.95. The van der Waals surface area contributed by atoms with Crippen molar-refractivity contribution in [2.75, 3.05) is 14.1 Å². The first kappa shape index (κ1) is 20.0. The van der Waals surface area contributed by atoms with Crippen molar-refractivity contribution in [3.63, 3.8) is 0 Å². The minimum absolute atomic E-state index is 0.0209. The molecule has 27 heavy (non-hydrogen) atoms. The molecule has 0 saturated carbocycles. The van der Waals surface area contributed by atoms with Crippen LogP contribution in [-0.4, -0.2) is 37.5 Å². The summed E-state index contributed by atoms with van der Waals surface area (Å²) in [5.41, 5.74) is 8.37. The van der Waals surface area contributed by atoms with Crippen LogP contribution in [-0.2, 0) is 0 Å². The van der Waals surface area contributed by atoms with E-state index in [1.54, 1.807) is 20.2 Å². The van der Waals surface area contributed by atoms with Crippen molar-refractivity contribution in [1.29, 1.82) is 0 Å². The maximum atomic E-state index is 12.7. The summed E-state index contributed by atoms with van der Waals surface area (Å²) >= 11 is 0. The maximum absolute atomic E-state index is 12.7. The lowest BCUT2D eigenvalue weighted by Crippen LogP contribution is -2.30. The Morgan fingerprint density at radius 2 is 1.67 bits per heavy atom. The average molecular weight is 363 g/mol. The van der Waals surface area contributed by atoms with E-state index in [0.717, 1.165) is 5.56 Å². The minimum Gasteiger partial charge on any atom is -0.387 e. The zero-order chi connectivity index (χ0) is 19.8. The van der Waals surface area contributed by atoms with E-state index in [-0.39, 0.29) is 11.7 Å². The van der Waals surface area contributed by atoms with Crippen LogP contribution in [0.5, 0.6) is 0 Å². The van der Waals surface area contributed by atoms with Crippen LogP contribution in [0.1, 0.15) is 41.3 Å². The number of carbonyl (C=O) groups excluding carboxylic acids is 1. The van der Waals surface area contributed by atoms with Gasteiger partial charge >= 0.3 is 0 Å². The Labute approximate surface area is 160 Å². The largest absolute Gasteiger partial charge is 0.387 e. The Morgan fingerprint density at radius 1 is 1.00 bits per heavy atom. The summed E-state index contributed by atoms with van der Waals surface area (Å²) in [6, 6.07) is 16.7. The summed E-state index contributed by atoms with van der Waals surface area (Å²) in [5, 5.41) is 2.98. The minimum atomic E-state index is -0.175. The highest BCUT2D eigenvalue weighted by molar-refractivity contribution is 6.09. The molecule has 2 rings (SSSR count). The van der Waals surface area contributed by atoms with Crippen molar-refractivity contribution in [2.24, 2.45) is 20.7 Å². The quantitative estimate of drug-likeness (QED) is 0.497. The fourth-order valence-electron chi connectivity index (χ4n) is 2.45. The number of aliphatic imine (C=N–C) groups is 3. The summed E-state index contributed by atoms with van der Waals surface area (Å²) in [6.07, 6.45) is 0. The first-order valence-electron chi connectivity index (χ1n) is 8.67. The Balaban J connectivity index is 2.25. The summed E-state index contributed by atoms with van der Waals surface area (Å²) < 4.78 is 0. The molecule has 0 heterocycles. The van der Waals surface area contributed by atoms with Gasteiger partial charge < -0.3 is 11.1 Å². The third-order valence-corrected chi connectivity index (χ3v) is 4.20. The number of carbonyl (C=O) groups is 1. The molecule has 0 amide bonds. The lowest BCUT2D eigenvalue weighted by molar-refractivity contribution is 0.103. The number of amidine groups is 2. The molecule has 0 aliphatic carbocycles. The smallest absolute Gasteiger partial charge is 0.224 e. The summed E-state index contributed by atoms with van der Waals surface area (Å²) in [5.74, 6) is 1.28. The van der Waals surface area contributed by atoms with Crippen LogP contribution in [0, 0.1) is 0 Å². The fourth-order valence-corrected chi connectivity index (χ4v) is 2.45. The highest BCUT2D eigenvalue weighted by Gasteiger charge is 2.15. The topological polar surface area (TPSA) is 92.2 Å². The van der Waals surface area contributed by atoms with Crippen LogP contribution >= 0.6 is 0 Å². The number of nitrogens with zero attached hydrogens (tertiary/aromatic N) is 3. The van der Waals surface area contributed by atoms with Crippen LogP contribution in [0.25, 0.3) is 0 Å². The van der Waals surface area contributed by atoms with Crippen molar-refractivity contribution < 1.29 is 4.79 Å². The molecule has 6 nitrogen and oxygen atoms in total. The van der Waals surface area contributed by atoms with Crippen molar-refractivity contribution in [3.8, 4) is 0 Å². The van der Waals surface area contributed by atoms with Gasteiger partial charge in [0.2, 0.25) is 5.96 Å². The standard InChI is InChI=1S/C21H25N5O/c1-14(20(22)26-21(24-4)25-15(2)23-3)17-11-8-12-18(13-17)19(27)16-9-6-5-7-10-16/h5-14H,1-4H3,(H3,22,23,24,25,26). The van der Waals surface area contributed by atoms with Gasteiger partial charge in [-0.05, 0) is 18.6 Å². The van der Waals surface area contributed by atoms with E-state index < -0.39 is 0 Å². The van der Waals surface area contributed by atoms with Gasteiger partial charge in [-0.15, -0.1) is 0 Å². The van der Waals surface area contributed by atoms with E-state index in [1.807, 2.05) is 62.4 Å². The molecule has 0 radical (unpaired) electrons. The fraction of sp³-hybridized carbons (Fsp3) is 0.238. The van der Waals surface area contributed by atoms with Crippen molar-refractivity contribution >= 4 is 23.4 Å². The van der Waals surface area contributed by atoms with Crippen LogP contribution in [0.4, 0.5) is 0 Å². The predicted molar refractivity (Wildman–Crippen MR) is 112 cm³/mol. The summed E-state index contributed by atoms with van der Waals surface area (Å²) in [7, 11) is 3.31. The molecular weight excluding hydrogens is 338 g/mol. The summed E-state index contributed by atoms with van der Waals surface area (Å²) in [6.45, 7) is 3.76. The van der Waals surface area contributed by atoms with Crippen LogP contribution in [0.3, 0.4) is 0 Å². The summed E-state index contributed by atoms with van der Waals surface area (Å²) in [4.78, 5) is 25.1. The van der Waals surface area contributed by atoms with Crippen molar-refractivity contribution in [3.05, 3.63) is 71.3 Å². The molecule has 1 unspecified atom stereocenters. The highest BCUT2D eigenvalue weighted by Crippen LogP contribution is 2.19. The monoisotopic (exact) mass is 363 g/mol. The third-order valence-electron chi connectivity index (χ3n) is 4.20. The van der Waals surface area contributed by atoms with Gasteiger partial charge in [0, 0.05) is 31.1 Å². The zero-order valence-electron chi connectivity index (χ0n) is 16.1. The molecule has 0 aliphatic heterocycles. The van der Waals surface area contributed by atoms with E-state index in [9.17, 15) is 4.79 Å². The lowest BCUT2D eigenvalue weighted by Gasteiger charge is -2.14. The number of rotatable bonds is 4. The zero-order valence-corrected chi connectivity index (χ0v) is 16.1. The van der Waals surface area contributed by atoms with Crippen LogP contribution in [0.15, 0.2) is 69.6 Å². The normalized spacial score (nSPS) is 14.0. The number of nitrogens with two attached hydrogens (primary N) is 1. The van der Waals surface area contributed by atoms with Gasteiger partial charge in [0.25, 0.3) is 0 Å². The Hall–Kier alpha value is -3.28. The third kappa shape index (κ3) is 5.34. The average Bonchev–Trinajstić information content (AvgIpc) is 2.72. The molecule has 0 fully saturated rings. The molecule has 0 aromatic heterocycles. The number of guanidine groups is 1. The Kier molecular flexibility index (Phi) is 7.00.